The van der Waals surface area contributed by atoms with E-state index in [1.54, 1.807) is 11.3 Å². The van der Waals surface area contributed by atoms with E-state index >= 15 is 0 Å². The molecule has 0 unspecified atom stereocenters. The van der Waals surface area contributed by atoms with Crippen LogP contribution in [-0.2, 0) is 0 Å². The SMILES string of the molecule is [Br-].[Br-].[Br-].[Mg+2].[Mg+2].[c-]1cccs1. The maximum Gasteiger partial charge on any atom is 2.00 e. The molecule has 0 atom stereocenters. The van der Waals surface area contributed by atoms with Gasteiger partial charge in [-0.05, 0) is 0 Å². The molecule has 0 aliphatic rings. The summed E-state index contributed by atoms with van der Waals surface area (Å²) in [5.41, 5.74) is 0. The molecular formula is C4H3Br3Mg2S. The Hall–Kier alpha value is 2.67. The first-order valence-corrected chi connectivity index (χ1v) is 2.27. The van der Waals surface area contributed by atoms with E-state index in [0.29, 0.717) is 0 Å². The zero-order valence-corrected chi connectivity index (χ0v) is 13.6. The van der Waals surface area contributed by atoms with Crippen LogP contribution in [0.15, 0.2) is 17.5 Å². The van der Waals surface area contributed by atoms with Crippen LogP contribution in [0.1, 0.15) is 0 Å². The van der Waals surface area contributed by atoms with E-state index in [2.05, 4.69) is 5.38 Å². The predicted octanol–water partition coefficient (Wildman–Crippen LogP) is -8.20. The number of rotatable bonds is 0. The Kier molecular flexibility index (Phi) is 66.2. The van der Waals surface area contributed by atoms with Gasteiger partial charge in [0, 0.05) is 0 Å². The summed E-state index contributed by atoms with van der Waals surface area (Å²) in [5.74, 6) is 0. The molecule has 0 aliphatic carbocycles. The Labute approximate surface area is 129 Å². The first-order valence-electron chi connectivity index (χ1n) is 1.40. The first kappa shape index (κ1) is 29.3. The van der Waals surface area contributed by atoms with E-state index in [1.807, 2.05) is 17.5 Å². The van der Waals surface area contributed by atoms with Gasteiger partial charge in [0.05, 0.1) is 0 Å². The summed E-state index contributed by atoms with van der Waals surface area (Å²) >= 11 is 1.59. The average Bonchev–Trinajstić information content (AvgIpc) is 1.76. The topological polar surface area (TPSA) is 0 Å². The van der Waals surface area contributed by atoms with Crippen LogP contribution in [0.4, 0.5) is 0 Å². The van der Waals surface area contributed by atoms with Gasteiger partial charge in [-0.3, -0.25) is 0 Å². The van der Waals surface area contributed by atoms with Crippen LogP contribution in [0, 0.1) is 5.38 Å². The zero-order valence-electron chi connectivity index (χ0n) is 5.19. The van der Waals surface area contributed by atoms with Gasteiger partial charge in [0.25, 0.3) is 0 Å². The minimum Gasteiger partial charge on any atom is -1.00 e. The molecule has 0 N–H and O–H groups in total. The maximum atomic E-state index is 2.90. The summed E-state index contributed by atoms with van der Waals surface area (Å²) in [4.78, 5) is 0. The molecule has 1 aromatic heterocycles. The smallest absolute Gasteiger partial charge is 1.00 e. The van der Waals surface area contributed by atoms with Gasteiger partial charge in [-0.1, -0.05) is 0 Å². The summed E-state index contributed by atoms with van der Waals surface area (Å²) in [5, 5.41) is 4.89. The van der Waals surface area contributed by atoms with Crippen LogP contribution in [0.5, 0.6) is 0 Å². The van der Waals surface area contributed by atoms with Gasteiger partial charge in [-0.15, -0.1) is 5.38 Å². The Balaban J connectivity index is -0.0000000167. The Morgan fingerprint density at radius 2 is 1.50 bits per heavy atom. The van der Waals surface area contributed by atoms with Crippen molar-refractivity contribution in [1.82, 2.24) is 0 Å². The van der Waals surface area contributed by atoms with Crippen LogP contribution in [0.25, 0.3) is 0 Å². The van der Waals surface area contributed by atoms with Crippen molar-refractivity contribution in [2.75, 3.05) is 0 Å². The minimum absolute atomic E-state index is 0. The van der Waals surface area contributed by atoms with E-state index in [9.17, 15) is 0 Å². The van der Waals surface area contributed by atoms with Crippen molar-refractivity contribution in [3.05, 3.63) is 22.9 Å². The number of halogens is 3. The number of thiophene rings is 1. The molecule has 1 aromatic rings. The average molecular weight is 371 g/mol. The molecule has 0 fully saturated rings. The third-order valence-electron chi connectivity index (χ3n) is 0.379. The molecule has 0 saturated carbocycles. The first-order chi connectivity index (χ1) is 2.50. The van der Waals surface area contributed by atoms with Gasteiger partial charge in [-0.25, -0.2) is 6.07 Å². The molecule has 0 nitrogen and oxygen atoms in total. The normalized spacial score (nSPS) is 4.00. The molecule has 0 radical (unpaired) electrons. The summed E-state index contributed by atoms with van der Waals surface area (Å²) in [7, 11) is 0. The zero-order chi connectivity index (χ0) is 3.54. The summed E-state index contributed by atoms with van der Waals surface area (Å²) < 4.78 is 0. The molecule has 0 aliphatic heterocycles. The fourth-order valence-electron chi connectivity index (χ4n) is 0.196. The summed E-state index contributed by atoms with van der Waals surface area (Å²) in [6, 6.07) is 3.86. The summed E-state index contributed by atoms with van der Waals surface area (Å²) in [6.07, 6.45) is 0. The fraction of sp³-hybridized carbons (Fsp3) is 0. The van der Waals surface area contributed by atoms with E-state index in [0.717, 1.165) is 0 Å². The van der Waals surface area contributed by atoms with Crippen molar-refractivity contribution in [2.45, 2.75) is 0 Å². The molecule has 0 aromatic carbocycles. The van der Waals surface area contributed by atoms with Crippen molar-refractivity contribution in [3.8, 4) is 0 Å². The van der Waals surface area contributed by atoms with Crippen molar-refractivity contribution in [1.29, 1.82) is 0 Å². The standard InChI is InChI=1S/C4H3S.3BrH.2Mg/c1-2-4-5-3-1;;;;;/h1-3H;3*1H;;/q-1;;;;2*+2/p-3. The maximum absolute atomic E-state index is 2.90. The summed E-state index contributed by atoms with van der Waals surface area (Å²) in [6.45, 7) is 0. The van der Waals surface area contributed by atoms with Crippen LogP contribution in [-0.4, -0.2) is 46.1 Å². The van der Waals surface area contributed by atoms with Crippen LogP contribution >= 0.6 is 11.3 Å². The molecule has 0 saturated heterocycles. The molecule has 0 amide bonds. The Morgan fingerprint density at radius 3 is 1.60 bits per heavy atom. The van der Waals surface area contributed by atoms with Gasteiger partial charge in [0.15, 0.2) is 0 Å². The minimum atomic E-state index is 0. The number of hydrogen-bond donors (Lipinski definition) is 0. The van der Waals surface area contributed by atoms with E-state index in [-0.39, 0.29) is 97.0 Å². The molecule has 6 heteroatoms. The largest absolute Gasteiger partial charge is 2.00 e. The molecule has 0 bridgehead atoms. The van der Waals surface area contributed by atoms with Crippen molar-refractivity contribution >= 4 is 57.4 Å². The third-order valence-corrected chi connectivity index (χ3v) is 0.944. The van der Waals surface area contributed by atoms with Crippen molar-refractivity contribution in [2.24, 2.45) is 0 Å². The van der Waals surface area contributed by atoms with Gasteiger partial charge in [-0.2, -0.15) is 11.4 Å². The van der Waals surface area contributed by atoms with Gasteiger partial charge in [0.2, 0.25) is 0 Å². The van der Waals surface area contributed by atoms with Gasteiger partial charge in [0.1, 0.15) is 0 Å². The Morgan fingerprint density at radius 1 is 1.00 bits per heavy atom. The second kappa shape index (κ2) is 22.6. The van der Waals surface area contributed by atoms with E-state index < -0.39 is 0 Å². The molecular weight excluding hydrogens is 368 g/mol. The van der Waals surface area contributed by atoms with E-state index in [4.69, 9.17) is 0 Å². The van der Waals surface area contributed by atoms with Crippen molar-refractivity contribution in [3.63, 3.8) is 0 Å². The second-order valence-corrected chi connectivity index (χ2v) is 1.47. The van der Waals surface area contributed by atoms with Gasteiger partial charge < -0.3 is 62.3 Å². The Bertz CT molecular complexity index is 75.0. The van der Waals surface area contributed by atoms with Crippen molar-refractivity contribution < 1.29 is 50.9 Å². The second-order valence-electron chi connectivity index (χ2n) is 0.731. The molecule has 1 rings (SSSR count). The quantitative estimate of drug-likeness (QED) is 0.314. The predicted molar refractivity (Wildman–Crippen MR) is 34.7 cm³/mol. The monoisotopic (exact) mass is 368 g/mol. The third kappa shape index (κ3) is 17.0. The molecule has 0 spiro atoms. The molecule has 10 heavy (non-hydrogen) atoms. The van der Waals surface area contributed by atoms with Crippen LogP contribution in [0.2, 0.25) is 0 Å². The van der Waals surface area contributed by atoms with Crippen LogP contribution < -0.4 is 50.9 Å². The number of hydrogen-bond acceptors (Lipinski definition) is 1. The fourth-order valence-corrected chi connectivity index (χ4v) is 0.589. The molecule has 50 valence electrons. The van der Waals surface area contributed by atoms with E-state index in [1.165, 1.54) is 0 Å². The molecule has 1 heterocycles. The van der Waals surface area contributed by atoms with Crippen LogP contribution in [0.3, 0.4) is 0 Å². The van der Waals surface area contributed by atoms with Gasteiger partial charge >= 0.3 is 46.1 Å².